The highest BCUT2D eigenvalue weighted by Crippen LogP contribution is 2.13. The summed E-state index contributed by atoms with van der Waals surface area (Å²) in [6, 6.07) is 0. The number of imidazole rings is 1. The van der Waals surface area contributed by atoms with Crippen LogP contribution in [-0.2, 0) is 4.74 Å². The highest BCUT2D eigenvalue weighted by atomic mass is 16.5. The van der Waals surface area contributed by atoms with Gasteiger partial charge in [-0.1, -0.05) is 0 Å². The first-order valence-electron chi connectivity index (χ1n) is 6.29. The van der Waals surface area contributed by atoms with E-state index in [1.54, 1.807) is 11.8 Å². The number of aromatic nitrogens is 2. The number of amides is 1. The highest BCUT2D eigenvalue weighted by Gasteiger charge is 2.30. The van der Waals surface area contributed by atoms with Crippen molar-refractivity contribution in [3.05, 3.63) is 17.7 Å². The molecule has 6 heteroatoms. The van der Waals surface area contributed by atoms with Crippen molar-refractivity contribution in [2.24, 2.45) is 0 Å². The van der Waals surface area contributed by atoms with Crippen LogP contribution in [0, 0.1) is 0 Å². The second-order valence-electron chi connectivity index (χ2n) is 4.26. The lowest BCUT2D eigenvalue weighted by Crippen LogP contribution is -2.38. The molecule has 1 aromatic heterocycles. The number of aromatic amines is 2. The van der Waals surface area contributed by atoms with E-state index in [0.29, 0.717) is 0 Å². The van der Waals surface area contributed by atoms with Crippen LogP contribution in [0.15, 0.2) is 6.33 Å². The number of nitrogens with zero attached hydrogens (tertiary/aromatic N) is 1. The van der Waals surface area contributed by atoms with E-state index in [1.807, 2.05) is 0 Å². The predicted molar refractivity (Wildman–Crippen MR) is 63.1 cm³/mol. The molecule has 0 unspecified atom stereocenters. The van der Waals surface area contributed by atoms with E-state index in [4.69, 9.17) is 4.74 Å². The molecule has 2 N–H and O–H groups in total. The van der Waals surface area contributed by atoms with Gasteiger partial charge >= 0.3 is 5.97 Å². The molecule has 1 aliphatic heterocycles. The number of esters is 1. The number of hydrogen-bond acceptors (Lipinski definition) is 3. The number of rotatable bonds is 3. The zero-order valence-corrected chi connectivity index (χ0v) is 10.5. The van der Waals surface area contributed by atoms with Crippen LogP contribution in [0.3, 0.4) is 0 Å². The van der Waals surface area contributed by atoms with Crippen molar-refractivity contribution in [1.29, 1.82) is 0 Å². The van der Waals surface area contributed by atoms with Gasteiger partial charge in [-0.25, -0.2) is 14.8 Å². The van der Waals surface area contributed by atoms with Gasteiger partial charge in [0.1, 0.15) is 0 Å². The Bertz CT molecular complexity index is 436. The van der Waals surface area contributed by atoms with Gasteiger partial charge in [-0.15, -0.1) is 0 Å². The molecule has 1 fully saturated rings. The summed E-state index contributed by atoms with van der Waals surface area (Å²) in [5.41, 5.74) is 0.489. The Labute approximate surface area is 105 Å². The maximum atomic E-state index is 12.3. The van der Waals surface area contributed by atoms with Gasteiger partial charge in [0.2, 0.25) is 12.0 Å². The van der Waals surface area contributed by atoms with E-state index in [0.717, 1.165) is 32.4 Å². The van der Waals surface area contributed by atoms with Crippen molar-refractivity contribution in [1.82, 2.24) is 9.88 Å². The topological polar surface area (TPSA) is 76.5 Å². The van der Waals surface area contributed by atoms with Crippen LogP contribution in [-0.4, -0.2) is 41.5 Å². The average Bonchev–Trinajstić information content (AvgIpc) is 2.88. The maximum absolute atomic E-state index is 12.3. The van der Waals surface area contributed by atoms with E-state index in [9.17, 15) is 9.59 Å². The fourth-order valence-electron chi connectivity index (χ4n) is 2.11. The molecule has 1 amide bonds. The summed E-state index contributed by atoms with van der Waals surface area (Å²) in [7, 11) is 0. The van der Waals surface area contributed by atoms with Gasteiger partial charge in [-0.05, 0) is 26.2 Å². The lowest BCUT2D eigenvalue weighted by Gasteiger charge is -2.25. The smallest absolute Gasteiger partial charge is 0.383 e. The van der Waals surface area contributed by atoms with Crippen molar-refractivity contribution in [3.63, 3.8) is 0 Å². The Morgan fingerprint density at radius 2 is 2.11 bits per heavy atom. The third-order valence-electron chi connectivity index (χ3n) is 3.02. The molecular formula is C12H18N3O3+. The molecular weight excluding hydrogens is 234 g/mol. The van der Waals surface area contributed by atoms with E-state index in [2.05, 4.69) is 9.97 Å². The lowest BCUT2D eigenvalue weighted by molar-refractivity contribution is -0.380. The second kappa shape index (κ2) is 5.66. The molecule has 2 rings (SSSR count). The van der Waals surface area contributed by atoms with Gasteiger partial charge in [0.15, 0.2) is 0 Å². The molecule has 0 aliphatic carbocycles. The van der Waals surface area contributed by atoms with Gasteiger partial charge in [-0.3, -0.25) is 4.79 Å². The van der Waals surface area contributed by atoms with E-state index in [1.165, 1.54) is 6.33 Å². The van der Waals surface area contributed by atoms with Crippen LogP contribution in [0.5, 0.6) is 0 Å². The monoisotopic (exact) mass is 252 g/mol. The number of carbonyl (C=O) groups is 2. The standard InChI is InChI=1S/C12H17N3O3/c1-2-18-12(17)10-9(13-8-14-10)11(16)15-6-4-3-5-7-15/h8H,2-7H2,1H3,(H,13,14)/p+1. The molecule has 6 nitrogen and oxygen atoms in total. The average molecular weight is 252 g/mol. The van der Waals surface area contributed by atoms with Crippen LogP contribution < -0.4 is 4.98 Å². The Kier molecular flexibility index (Phi) is 3.96. The summed E-state index contributed by atoms with van der Waals surface area (Å²) in [6.45, 7) is 3.52. The molecule has 0 radical (unpaired) electrons. The first kappa shape index (κ1) is 12.6. The number of piperidine rings is 1. The largest absolute Gasteiger partial charge is 0.460 e. The fraction of sp³-hybridized carbons (Fsp3) is 0.583. The van der Waals surface area contributed by atoms with Gasteiger partial charge in [0.25, 0.3) is 11.6 Å². The summed E-state index contributed by atoms with van der Waals surface area (Å²) in [6.07, 6.45) is 4.67. The summed E-state index contributed by atoms with van der Waals surface area (Å²) in [5.74, 6) is -0.641. The second-order valence-corrected chi connectivity index (χ2v) is 4.26. The minimum atomic E-state index is -0.501. The Morgan fingerprint density at radius 1 is 1.39 bits per heavy atom. The van der Waals surface area contributed by atoms with Gasteiger partial charge in [0, 0.05) is 13.1 Å². The zero-order valence-electron chi connectivity index (χ0n) is 10.5. The molecule has 2 heterocycles. The Morgan fingerprint density at radius 3 is 2.78 bits per heavy atom. The summed E-state index contributed by atoms with van der Waals surface area (Å²) < 4.78 is 4.90. The highest BCUT2D eigenvalue weighted by molar-refractivity contribution is 6.01. The molecule has 0 bridgehead atoms. The van der Waals surface area contributed by atoms with Crippen molar-refractivity contribution in [2.75, 3.05) is 19.7 Å². The van der Waals surface area contributed by atoms with Crippen LogP contribution >= 0.6 is 0 Å². The molecule has 1 saturated heterocycles. The quantitative estimate of drug-likeness (QED) is 0.802. The normalized spacial score (nSPS) is 15.5. The van der Waals surface area contributed by atoms with Crippen LogP contribution in [0.25, 0.3) is 0 Å². The zero-order chi connectivity index (χ0) is 13.0. The molecule has 0 aromatic carbocycles. The van der Waals surface area contributed by atoms with Gasteiger partial charge < -0.3 is 9.64 Å². The Hall–Kier alpha value is -1.85. The molecule has 0 saturated carbocycles. The van der Waals surface area contributed by atoms with Crippen LogP contribution in [0.4, 0.5) is 0 Å². The fourth-order valence-corrected chi connectivity index (χ4v) is 2.11. The number of likely N-dealkylation sites (tertiary alicyclic amines) is 1. The summed E-state index contributed by atoms with van der Waals surface area (Å²) >= 11 is 0. The molecule has 0 atom stereocenters. The van der Waals surface area contributed by atoms with Crippen molar-refractivity contribution in [3.8, 4) is 0 Å². The minimum absolute atomic E-state index is 0.140. The predicted octanol–water partition coefficient (Wildman–Crippen LogP) is 0.632. The molecule has 18 heavy (non-hydrogen) atoms. The lowest BCUT2D eigenvalue weighted by atomic mass is 10.1. The number of hydrogen-bond donors (Lipinski definition) is 1. The van der Waals surface area contributed by atoms with E-state index >= 15 is 0 Å². The van der Waals surface area contributed by atoms with Crippen molar-refractivity contribution >= 4 is 11.9 Å². The van der Waals surface area contributed by atoms with Crippen LogP contribution in [0.1, 0.15) is 47.2 Å². The number of ether oxygens (including phenoxy) is 1. The van der Waals surface area contributed by atoms with E-state index in [-0.39, 0.29) is 23.9 Å². The van der Waals surface area contributed by atoms with Crippen molar-refractivity contribution in [2.45, 2.75) is 26.2 Å². The molecule has 0 spiro atoms. The first-order chi connectivity index (χ1) is 8.74. The maximum Gasteiger partial charge on any atom is 0.383 e. The van der Waals surface area contributed by atoms with Crippen molar-refractivity contribution < 1.29 is 19.3 Å². The number of carbonyl (C=O) groups excluding carboxylic acids is 2. The molecule has 1 aliphatic rings. The number of nitrogens with one attached hydrogen (secondary N) is 2. The van der Waals surface area contributed by atoms with E-state index < -0.39 is 5.97 Å². The van der Waals surface area contributed by atoms with Crippen LogP contribution in [0.2, 0.25) is 0 Å². The van der Waals surface area contributed by atoms with Gasteiger partial charge in [0.05, 0.1) is 6.61 Å². The number of H-pyrrole nitrogens is 2. The minimum Gasteiger partial charge on any atom is -0.460 e. The summed E-state index contributed by atoms with van der Waals surface area (Å²) in [4.78, 5) is 31.2. The first-order valence-corrected chi connectivity index (χ1v) is 6.29. The Balaban J connectivity index is 2.15. The molecule has 98 valence electrons. The molecule has 1 aromatic rings. The summed E-state index contributed by atoms with van der Waals surface area (Å²) in [5, 5.41) is 0. The van der Waals surface area contributed by atoms with Gasteiger partial charge in [-0.2, -0.15) is 0 Å². The third kappa shape index (κ3) is 2.52. The third-order valence-corrected chi connectivity index (χ3v) is 3.02. The SMILES string of the molecule is CCOC(=O)c1[nH]c[nH+]c1C(=O)N1CCCCC1.